The zero-order valence-electron chi connectivity index (χ0n) is 14.8. The monoisotopic (exact) mass is 408 g/mol. The summed E-state index contributed by atoms with van der Waals surface area (Å²) >= 11 is 5.97. The third-order valence-electron chi connectivity index (χ3n) is 3.75. The highest BCUT2D eigenvalue weighted by Gasteiger charge is 2.23. The second-order valence-corrected chi connectivity index (χ2v) is 5.83. The molecule has 11 heteroatoms. The highest BCUT2D eigenvalue weighted by molar-refractivity contribution is 6.32. The Balaban J connectivity index is 1.80. The molecule has 0 fully saturated rings. The Kier molecular flexibility index (Phi) is 5.59. The van der Waals surface area contributed by atoms with Gasteiger partial charge in [-0.15, -0.1) is 0 Å². The van der Waals surface area contributed by atoms with Gasteiger partial charge < -0.3 is 19.1 Å². The number of hydrogen-bond donors (Lipinski definition) is 0. The molecule has 0 aromatic heterocycles. The van der Waals surface area contributed by atoms with Crippen molar-refractivity contribution in [1.82, 2.24) is 0 Å². The van der Waals surface area contributed by atoms with Gasteiger partial charge in [-0.2, -0.15) is 9.38 Å². The molecule has 0 spiro atoms. The molecule has 2 aromatic carbocycles. The van der Waals surface area contributed by atoms with E-state index in [2.05, 4.69) is 9.98 Å². The fourth-order valence-corrected chi connectivity index (χ4v) is 2.59. The predicted molar refractivity (Wildman–Crippen MR) is 102 cm³/mol. The topological polar surface area (TPSA) is 98.8 Å². The number of benzene rings is 2. The van der Waals surface area contributed by atoms with Crippen LogP contribution in [0.4, 0.5) is 15.8 Å². The van der Waals surface area contributed by atoms with Gasteiger partial charge in [0.15, 0.2) is 0 Å². The molecule has 146 valence electrons. The van der Waals surface area contributed by atoms with Crippen LogP contribution >= 0.6 is 11.6 Å². The van der Waals surface area contributed by atoms with E-state index in [1.54, 1.807) is 18.2 Å². The van der Waals surface area contributed by atoms with Crippen molar-refractivity contribution in [2.75, 3.05) is 25.8 Å². The molecule has 0 aliphatic carbocycles. The van der Waals surface area contributed by atoms with Crippen LogP contribution in [0.2, 0.25) is 5.02 Å². The molecule has 28 heavy (non-hydrogen) atoms. The van der Waals surface area contributed by atoms with Gasteiger partial charge in [0.25, 0.3) is 0 Å². The number of aliphatic imine (C=N–C) groups is 2. The molecule has 9 nitrogen and oxygen atoms in total. The van der Waals surface area contributed by atoms with Gasteiger partial charge in [-0.05, 0) is 12.1 Å². The Morgan fingerprint density at radius 1 is 1.21 bits per heavy atom. The Morgan fingerprint density at radius 2 is 1.96 bits per heavy atom. The van der Waals surface area contributed by atoms with Crippen LogP contribution in [0.15, 0.2) is 40.3 Å². The quantitative estimate of drug-likeness (QED) is 0.553. The molecular weight excluding hydrogens is 395 g/mol. The van der Waals surface area contributed by atoms with Crippen molar-refractivity contribution in [3.63, 3.8) is 0 Å². The maximum Gasteiger partial charge on any atom is 0.320 e. The summed E-state index contributed by atoms with van der Waals surface area (Å²) in [4.78, 5) is 19.9. The van der Waals surface area contributed by atoms with Crippen LogP contribution in [-0.2, 0) is 0 Å². The summed E-state index contributed by atoms with van der Waals surface area (Å²) in [6, 6.07) is 6.89. The lowest BCUT2D eigenvalue weighted by Gasteiger charge is -2.22. The number of amidine groups is 1. The molecule has 1 aliphatic heterocycles. The molecule has 2 aromatic rings. The molecule has 0 radical (unpaired) electrons. The van der Waals surface area contributed by atoms with Gasteiger partial charge >= 0.3 is 11.7 Å². The first-order valence-electron chi connectivity index (χ1n) is 7.81. The van der Waals surface area contributed by atoms with Gasteiger partial charge in [0.2, 0.25) is 5.82 Å². The molecular formula is C17H14ClFN4O5. The van der Waals surface area contributed by atoms with E-state index in [1.165, 1.54) is 25.5 Å². The van der Waals surface area contributed by atoms with Crippen molar-refractivity contribution in [3.8, 4) is 17.2 Å². The van der Waals surface area contributed by atoms with Gasteiger partial charge in [-0.25, -0.2) is 4.99 Å². The molecule has 0 amide bonds. The van der Waals surface area contributed by atoms with E-state index >= 15 is 0 Å². The van der Waals surface area contributed by atoms with E-state index in [9.17, 15) is 14.5 Å². The van der Waals surface area contributed by atoms with Crippen LogP contribution in [0, 0.1) is 15.9 Å². The van der Waals surface area contributed by atoms with Crippen LogP contribution < -0.4 is 19.1 Å². The van der Waals surface area contributed by atoms with Gasteiger partial charge in [0, 0.05) is 18.2 Å². The zero-order chi connectivity index (χ0) is 20.3. The first-order valence-corrected chi connectivity index (χ1v) is 8.19. The molecule has 0 saturated heterocycles. The molecule has 0 bridgehead atoms. The van der Waals surface area contributed by atoms with Gasteiger partial charge in [0.05, 0.1) is 29.9 Å². The molecule has 0 N–H and O–H groups in total. The number of methoxy groups -OCH3 is 2. The Morgan fingerprint density at radius 3 is 2.57 bits per heavy atom. The minimum Gasteiger partial charge on any atom is -0.495 e. The summed E-state index contributed by atoms with van der Waals surface area (Å²) in [5, 5.41) is 11.4. The largest absolute Gasteiger partial charge is 0.495 e. The van der Waals surface area contributed by atoms with Gasteiger partial charge in [0.1, 0.15) is 30.3 Å². The minimum absolute atomic E-state index is 0.0305. The summed E-state index contributed by atoms with van der Waals surface area (Å²) in [6.45, 7) is 0.0305. The van der Waals surface area contributed by atoms with E-state index < -0.39 is 16.4 Å². The van der Waals surface area contributed by atoms with E-state index in [4.69, 9.17) is 25.8 Å². The van der Waals surface area contributed by atoms with Crippen molar-refractivity contribution in [2.45, 2.75) is 0 Å². The van der Waals surface area contributed by atoms with Crippen molar-refractivity contribution >= 4 is 35.3 Å². The highest BCUT2D eigenvalue weighted by atomic mass is 35.5. The van der Waals surface area contributed by atoms with Crippen LogP contribution in [0.3, 0.4) is 0 Å². The molecule has 1 aliphatic rings. The summed E-state index contributed by atoms with van der Waals surface area (Å²) in [6.07, 6.45) is 1.36. The number of halogens is 2. The lowest BCUT2D eigenvalue weighted by Crippen LogP contribution is -2.28. The summed E-state index contributed by atoms with van der Waals surface area (Å²) in [7, 11) is 2.81. The molecule has 0 unspecified atom stereocenters. The number of nitrogens with zero attached hydrogens (tertiary/aromatic N) is 4. The van der Waals surface area contributed by atoms with Crippen molar-refractivity contribution < 1.29 is 23.5 Å². The number of nitro benzene ring substituents is 1. The predicted octanol–water partition coefficient (Wildman–Crippen LogP) is 3.65. The zero-order valence-corrected chi connectivity index (χ0v) is 15.5. The van der Waals surface area contributed by atoms with Crippen molar-refractivity contribution in [2.24, 2.45) is 9.98 Å². The number of ether oxygens (including phenoxy) is 3. The average Bonchev–Trinajstić information content (AvgIpc) is 2.69. The van der Waals surface area contributed by atoms with Crippen LogP contribution in [-0.4, -0.2) is 38.2 Å². The SMILES string of the molecule is COc1cc(OC2=NCN(c3cc([N+](=O)[O-])c(F)cc3OC)C=N2)ccc1Cl. The van der Waals surface area contributed by atoms with E-state index in [0.29, 0.717) is 16.5 Å². The van der Waals surface area contributed by atoms with Crippen molar-refractivity contribution in [3.05, 3.63) is 51.3 Å². The number of rotatable bonds is 5. The molecule has 0 atom stereocenters. The first-order chi connectivity index (χ1) is 13.4. The summed E-state index contributed by atoms with van der Waals surface area (Å²) < 4.78 is 29.6. The smallest absolute Gasteiger partial charge is 0.320 e. The fourth-order valence-electron chi connectivity index (χ4n) is 2.40. The maximum atomic E-state index is 13.8. The molecule has 1 heterocycles. The summed E-state index contributed by atoms with van der Waals surface area (Å²) in [5.74, 6) is -0.0366. The lowest BCUT2D eigenvalue weighted by molar-refractivity contribution is -0.387. The third-order valence-corrected chi connectivity index (χ3v) is 4.06. The molecule has 3 rings (SSSR count). The summed E-state index contributed by atoms with van der Waals surface area (Å²) in [5.41, 5.74) is -0.432. The minimum atomic E-state index is -0.997. The first kappa shape index (κ1) is 19.4. The lowest BCUT2D eigenvalue weighted by atomic mass is 10.2. The second-order valence-electron chi connectivity index (χ2n) is 5.43. The van der Waals surface area contributed by atoms with Crippen LogP contribution in [0.25, 0.3) is 0 Å². The Bertz CT molecular complexity index is 982. The van der Waals surface area contributed by atoms with E-state index in [-0.39, 0.29) is 24.1 Å². The number of nitro groups is 1. The Labute approximate surface area is 163 Å². The average molecular weight is 409 g/mol. The molecule has 0 saturated carbocycles. The van der Waals surface area contributed by atoms with Crippen molar-refractivity contribution in [1.29, 1.82) is 0 Å². The van der Waals surface area contributed by atoms with E-state index in [0.717, 1.165) is 12.1 Å². The number of hydrogen-bond acceptors (Lipinski definition) is 8. The second kappa shape index (κ2) is 8.09. The standard InChI is InChI=1S/C17H14ClFN4O5/c1-26-15-5-10(3-4-11(15)18)28-17-20-8-22(9-21-17)14-7-13(23(24)25)12(19)6-16(14)27-2/h3-8H,9H2,1-2H3. The Hall–Kier alpha value is -3.40. The number of anilines is 1. The van der Waals surface area contributed by atoms with E-state index in [1.807, 2.05) is 0 Å². The third kappa shape index (κ3) is 3.96. The van der Waals surface area contributed by atoms with Gasteiger partial charge in [-0.3, -0.25) is 10.1 Å². The fraction of sp³-hybridized carbons (Fsp3) is 0.176. The normalized spacial score (nSPS) is 13.1. The maximum absolute atomic E-state index is 13.8. The van der Waals surface area contributed by atoms with Crippen LogP contribution in [0.5, 0.6) is 17.2 Å². The van der Waals surface area contributed by atoms with Crippen LogP contribution in [0.1, 0.15) is 0 Å². The highest BCUT2D eigenvalue weighted by Crippen LogP contribution is 2.34. The van der Waals surface area contributed by atoms with Gasteiger partial charge in [-0.1, -0.05) is 11.6 Å².